The fourth-order valence-corrected chi connectivity index (χ4v) is 2.40. The number of benzene rings is 2. The van der Waals surface area contributed by atoms with Gasteiger partial charge >= 0.3 is 0 Å². The van der Waals surface area contributed by atoms with Crippen LogP contribution in [-0.2, 0) is 4.79 Å². The summed E-state index contributed by atoms with van der Waals surface area (Å²) < 4.78 is 0. The second-order valence-electron chi connectivity index (χ2n) is 6.58. The summed E-state index contributed by atoms with van der Waals surface area (Å²) in [7, 11) is 0. The molecule has 5 nitrogen and oxygen atoms in total. The minimum atomic E-state index is -0.114. The van der Waals surface area contributed by atoms with Gasteiger partial charge in [0.25, 0.3) is 5.91 Å². The minimum Gasteiger partial charge on any atom is -0.376 e. The average Bonchev–Trinajstić information content (AvgIpc) is 2.63. The number of carbonyl (C=O) groups excluding carboxylic acids is 2. The summed E-state index contributed by atoms with van der Waals surface area (Å²) in [6.45, 7) is 8.12. The van der Waals surface area contributed by atoms with Crippen LogP contribution in [0.25, 0.3) is 0 Å². The van der Waals surface area contributed by atoms with Gasteiger partial charge in [-0.1, -0.05) is 19.1 Å². The van der Waals surface area contributed by atoms with Gasteiger partial charge in [-0.3, -0.25) is 9.59 Å². The summed E-state index contributed by atoms with van der Waals surface area (Å²) in [5, 5.41) is 8.92. The standard InChI is InChI=1S/C21H27N3O2/c1-5-16(4)23-21(26)17-8-10-18(11-9-17)22-13-20(25)24-19-12-14(2)6-7-15(19)3/h6-12,16,22H,5,13H2,1-4H3,(H,23,26)(H,24,25). The fraction of sp³-hybridized carbons (Fsp3) is 0.333. The Balaban J connectivity index is 1.88. The molecule has 0 aliphatic carbocycles. The van der Waals surface area contributed by atoms with Crippen molar-refractivity contribution in [3.8, 4) is 0 Å². The minimum absolute atomic E-state index is 0.0847. The van der Waals surface area contributed by atoms with Crippen molar-refractivity contribution in [2.75, 3.05) is 17.2 Å². The number of hydrogen-bond donors (Lipinski definition) is 3. The fourth-order valence-electron chi connectivity index (χ4n) is 2.40. The van der Waals surface area contributed by atoms with Crippen molar-refractivity contribution in [2.24, 2.45) is 0 Å². The van der Waals surface area contributed by atoms with Crippen molar-refractivity contribution in [3.63, 3.8) is 0 Å². The van der Waals surface area contributed by atoms with E-state index >= 15 is 0 Å². The Hall–Kier alpha value is -2.82. The molecule has 2 amide bonds. The number of nitrogens with one attached hydrogen (secondary N) is 3. The number of carbonyl (C=O) groups is 2. The second kappa shape index (κ2) is 9.04. The van der Waals surface area contributed by atoms with Crippen molar-refractivity contribution in [3.05, 3.63) is 59.2 Å². The molecular formula is C21H27N3O2. The van der Waals surface area contributed by atoms with E-state index in [1.54, 1.807) is 24.3 Å². The lowest BCUT2D eigenvalue weighted by atomic mass is 10.1. The molecule has 0 aliphatic heterocycles. The molecule has 0 radical (unpaired) electrons. The third-order valence-electron chi connectivity index (χ3n) is 4.26. The molecule has 2 rings (SSSR count). The van der Waals surface area contributed by atoms with Crippen LogP contribution in [0.15, 0.2) is 42.5 Å². The molecule has 138 valence electrons. The van der Waals surface area contributed by atoms with Crippen molar-refractivity contribution < 1.29 is 9.59 Å². The summed E-state index contributed by atoms with van der Waals surface area (Å²) in [6, 6.07) is 13.2. The largest absolute Gasteiger partial charge is 0.376 e. The van der Waals surface area contributed by atoms with Crippen molar-refractivity contribution >= 4 is 23.2 Å². The molecule has 2 aromatic rings. The molecule has 0 heterocycles. The molecule has 1 unspecified atom stereocenters. The van der Waals surface area contributed by atoms with E-state index in [1.165, 1.54) is 0 Å². The van der Waals surface area contributed by atoms with E-state index in [4.69, 9.17) is 0 Å². The van der Waals surface area contributed by atoms with E-state index < -0.39 is 0 Å². The Labute approximate surface area is 155 Å². The van der Waals surface area contributed by atoms with Crippen LogP contribution in [0.4, 0.5) is 11.4 Å². The highest BCUT2D eigenvalue weighted by atomic mass is 16.2. The molecule has 0 aromatic heterocycles. The quantitative estimate of drug-likeness (QED) is 0.707. The molecule has 0 bridgehead atoms. The maximum atomic E-state index is 12.1. The summed E-state index contributed by atoms with van der Waals surface area (Å²) in [5.74, 6) is -0.198. The van der Waals surface area contributed by atoms with Gasteiger partial charge in [0.2, 0.25) is 5.91 Å². The number of amides is 2. The molecule has 0 fully saturated rings. The van der Waals surface area contributed by atoms with E-state index in [1.807, 2.05) is 45.9 Å². The highest BCUT2D eigenvalue weighted by molar-refractivity contribution is 5.95. The van der Waals surface area contributed by atoms with Gasteiger partial charge < -0.3 is 16.0 Å². The molecular weight excluding hydrogens is 326 g/mol. The molecule has 0 saturated heterocycles. The van der Waals surface area contributed by atoms with Crippen molar-refractivity contribution in [1.29, 1.82) is 0 Å². The van der Waals surface area contributed by atoms with Gasteiger partial charge in [-0.05, 0) is 68.7 Å². The molecule has 1 atom stereocenters. The monoisotopic (exact) mass is 353 g/mol. The Bertz CT molecular complexity index is 769. The van der Waals surface area contributed by atoms with E-state index in [0.29, 0.717) is 5.56 Å². The first-order valence-electron chi connectivity index (χ1n) is 8.91. The summed E-state index contributed by atoms with van der Waals surface area (Å²) in [4.78, 5) is 24.2. The Morgan fingerprint density at radius 3 is 2.38 bits per heavy atom. The topological polar surface area (TPSA) is 70.2 Å². The summed E-state index contributed by atoms with van der Waals surface area (Å²) in [5.41, 5.74) is 4.36. The third kappa shape index (κ3) is 5.62. The molecule has 0 saturated carbocycles. The Kier molecular flexibility index (Phi) is 6.78. The lowest BCUT2D eigenvalue weighted by Gasteiger charge is -2.12. The first kappa shape index (κ1) is 19.5. The first-order valence-corrected chi connectivity index (χ1v) is 8.91. The van der Waals surface area contributed by atoms with Crippen LogP contribution in [-0.4, -0.2) is 24.4 Å². The highest BCUT2D eigenvalue weighted by Crippen LogP contribution is 2.16. The van der Waals surface area contributed by atoms with Crippen LogP contribution >= 0.6 is 0 Å². The lowest BCUT2D eigenvalue weighted by molar-refractivity contribution is -0.114. The first-order chi connectivity index (χ1) is 12.4. The zero-order valence-corrected chi connectivity index (χ0v) is 15.8. The Morgan fingerprint density at radius 1 is 1.04 bits per heavy atom. The van der Waals surface area contributed by atoms with Gasteiger partial charge in [0.05, 0.1) is 6.54 Å². The average molecular weight is 353 g/mol. The Morgan fingerprint density at radius 2 is 1.73 bits per heavy atom. The maximum Gasteiger partial charge on any atom is 0.251 e. The SMILES string of the molecule is CCC(C)NC(=O)c1ccc(NCC(=O)Nc2cc(C)ccc2C)cc1. The highest BCUT2D eigenvalue weighted by Gasteiger charge is 2.09. The van der Waals surface area contributed by atoms with Crippen LogP contribution in [0, 0.1) is 13.8 Å². The smallest absolute Gasteiger partial charge is 0.251 e. The van der Waals surface area contributed by atoms with Crippen LogP contribution in [0.5, 0.6) is 0 Å². The number of rotatable bonds is 7. The lowest BCUT2D eigenvalue weighted by Crippen LogP contribution is -2.31. The van der Waals surface area contributed by atoms with Gasteiger partial charge in [0.15, 0.2) is 0 Å². The number of aryl methyl sites for hydroxylation is 2. The maximum absolute atomic E-state index is 12.1. The molecule has 0 spiro atoms. The summed E-state index contributed by atoms with van der Waals surface area (Å²) in [6.07, 6.45) is 0.890. The van der Waals surface area contributed by atoms with E-state index in [-0.39, 0.29) is 24.4 Å². The van der Waals surface area contributed by atoms with Gasteiger partial charge in [-0.15, -0.1) is 0 Å². The molecule has 26 heavy (non-hydrogen) atoms. The van der Waals surface area contributed by atoms with E-state index in [2.05, 4.69) is 16.0 Å². The van der Waals surface area contributed by atoms with E-state index in [0.717, 1.165) is 28.9 Å². The predicted octanol–water partition coefficient (Wildman–Crippen LogP) is 3.88. The second-order valence-corrected chi connectivity index (χ2v) is 6.58. The van der Waals surface area contributed by atoms with Crippen LogP contribution in [0.3, 0.4) is 0 Å². The zero-order valence-electron chi connectivity index (χ0n) is 15.8. The molecule has 5 heteroatoms. The number of hydrogen-bond acceptors (Lipinski definition) is 3. The van der Waals surface area contributed by atoms with Gasteiger partial charge in [-0.2, -0.15) is 0 Å². The van der Waals surface area contributed by atoms with Crippen LogP contribution in [0.2, 0.25) is 0 Å². The molecule has 2 aromatic carbocycles. The number of anilines is 2. The van der Waals surface area contributed by atoms with Crippen LogP contribution in [0.1, 0.15) is 41.8 Å². The van der Waals surface area contributed by atoms with Crippen LogP contribution < -0.4 is 16.0 Å². The van der Waals surface area contributed by atoms with E-state index in [9.17, 15) is 9.59 Å². The summed E-state index contributed by atoms with van der Waals surface area (Å²) >= 11 is 0. The zero-order chi connectivity index (χ0) is 19.1. The van der Waals surface area contributed by atoms with Crippen molar-refractivity contribution in [1.82, 2.24) is 5.32 Å². The molecule has 0 aliphatic rings. The third-order valence-corrected chi connectivity index (χ3v) is 4.26. The molecule has 3 N–H and O–H groups in total. The van der Waals surface area contributed by atoms with Gasteiger partial charge in [0.1, 0.15) is 0 Å². The van der Waals surface area contributed by atoms with Gasteiger partial charge in [0, 0.05) is 23.0 Å². The normalized spacial score (nSPS) is 11.5. The predicted molar refractivity (Wildman–Crippen MR) is 107 cm³/mol. The van der Waals surface area contributed by atoms with Crippen molar-refractivity contribution in [2.45, 2.75) is 40.2 Å². The van der Waals surface area contributed by atoms with Gasteiger partial charge in [-0.25, -0.2) is 0 Å².